The summed E-state index contributed by atoms with van der Waals surface area (Å²) in [5.41, 5.74) is 2.15. The molecule has 6 rings (SSSR count). The van der Waals surface area contributed by atoms with Crippen LogP contribution in [0.1, 0.15) is 36.4 Å². The van der Waals surface area contributed by atoms with Gasteiger partial charge in [0.15, 0.2) is 0 Å². The number of carbonyl (C=O) groups is 3. The van der Waals surface area contributed by atoms with Crippen molar-refractivity contribution in [3.63, 3.8) is 0 Å². The molecule has 1 unspecified atom stereocenters. The predicted molar refractivity (Wildman–Crippen MR) is 160 cm³/mol. The SMILES string of the molecule is Cc1cccc(Cl)c1N1CC=C[C@]23S[C@H]4/C=C\CCCCOC(=O)[C@H]4[C@H]2C(=O)N([C@H](CO)c2ccccc2)C3C1=O. The Morgan fingerprint density at radius 1 is 1.07 bits per heavy atom. The number of aliphatic hydroxyl groups excluding tert-OH is 1. The van der Waals surface area contributed by atoms with Crippen LogP contribution in [0.2, 0.25) is 5.02 Å². The van der Waals surface area contributed by atoms with Crippen molar-refractivity contribution in [3.05, 3.63) is 89.0 Å². The minimum absolute atomic E-state index is 0.266. The zero-order chi connectivity index (χ0) is 28.7. The monoisotopic (exact) mass is 592 g/mol. The number of ether oxygens (including phenoxy) is 1. The second kappa shape index (κ2) is 11.3. The number of aliphatic hydroxyl groups is 1. The van der Waals surface area contributed by atoms with Gasteiger partial charge < -0.3 is 19.6 Å². The van der Waals surface area contributed by atoms with Crippen molar-refractivity contribution in [1.29, 1.82) is 0 Å². The Kier molecular flexibility index (Phi) is 7.74. The van der Waals surface area contributed by atoms with E-state index in [1.165, 1.54) is 16.7 Å². The number of anilines is 1. The molecule has 1 spiro atoms. The standard InChI is InChI=1S/C32H33ClN2O5S/c1-20-11-9-14-22(33)27(20)34-17-10-16-32-26(25-24(41-32)15-7-2-3-8-18-40-31(25)39)29(37)35(28(32)30(34)38)23(19-36)21-12-5-4-6-13-21/h4-7,9-16,23-26,28,36H,2-3,8,17-19H2,1H3/b15-7-/t23-,24+,25-,26+,28?,32+/m1/s1. The van der Waals surface area contributed by atoms with Gasteiger partial charge in [0.1, 0.15) is 6.04 Å². The number of halogens is 1. The summed E-state index contributed by atoms with van der Waals surface area (Å²) < 4.78 is 4.67. The fourth-order valence-electron chi connectivity index (χ4n) is 6.89. The normalized spacial score (nSPS) is 31.1. The van der Waals surface area contributed by atoms with Crippen LogP contribution in [0.15, 0.2) is 72.8 Å². The van der Waals surface area contributed by atoms with Crippen molar-refractivity contribution in [2.24, 2.45) is 11.8 Å². The van der Waals surface area contributed by atoms with Gasteiger partial charge in [0.2, 0.25) is 5.91 Å². The highest BCUT2D eigenvalue weighted by atomic mass is 35.5. The lowest BCUT2D eigenvalue weighted by Crippen LogP contribution is -2.54. The van der Waals surface area contributed by atoms with E-state index >= 15 is 0 Å². The van der Waals surface area contributed by atoms with Gasteiger partial charge in [-0.1, -0.05) is 78.4 Å². The molecule has 0 aliphatic carbocycles. The molecule has 0 saturated carbocycles. The molecule has 0 radical (unpaired) electrons. The number of aryl methyl sites for hydroxylation is 1. The summed E-state index contributed by atoms with van der Waals surface area (Å²) in [5.74, 6) is -2.60. The van der Waals surface area contributed by atoms with E-state index in [0.717, 1.165) is 30.4 Å². The van der Waals surface area contributed by atoms with E-state index in [1.807, 2.05) is 67.6 Å². The largest absolute Gasteiger partial charge is 0.465 e. The highest BCUT2D eigenvalue weighted by molar-refractivity contribution is 8.02. The fourth-order valence-corrected chi connectivity index (χ4v) is 9.20. The lowest BCUT2D eigenvalue weighted by atomic mass is 9.78. The van der Waals surface area contributed by atoms with Crippen LogP contribution in [0.25, 0.3) is 0 Å². The van der Waals surface area contributed by atoms with E-state index in [2.05, 4.69) is 6.08 Å². The van der Waals surface area contributed by atoms with Gasteiger partial charge in [-0.25, -0.2) is 0 Å². The summed E-state index contributed by atoms with van der Waals surface area (Å²) >= 11 is 8.15. The summed E-state index contributed by atoms with van der Waals surface area (Å²) in [6.07, 6.45) is 10.5. The quantitative estimate of drug-likeness (QED) is 0.403. The Bertz CT molecular complexity index is 1390. The summed E-state index contributed by atoms with van der Waals surface area (Å²) in [6.45, 7) is 2.10. The van der Waals surface area contributed by atoms with Crippen LogP contribution in [0, 0.1) is 18.8 Å². The van der Waals surface area contributed by atoms with E-state index < -0.39 is 34.6 Å². The third kappa shape index (κ3) is 4.60. The molecule has 6 atom stereocenters. The zero-order valence-corrected chi connectivity index (χ0v) is 24.4. The molecule has 9 heteroatoms. The van der Waals surface area contributed by atoms with Crippen LogP contribution in [0.4, 0.5) is 5.69 Å². The summed E-state index contributed by atoms with van der Waals surface area (Å²) in [7, 11) is 0. The number of esters is 1. The van der Waals surface area contributed by atoms with Crippen LogP contribution in [-0.2, 0) is 19.1 Å². The first-order chi connectivity index (χ1) is 19.9. The molecule has 2 aromatic rings. The van der Waals surface area contributed by atoms with E-state index in [-0.39, 0.29) is 30.2 Å². The van der Waals surface area contributed by atoms with Crippen molar-refractivity contribution in [2.75, 3.05) is 24.7 Å². The number of benzene rings is 2. The van der Waals surface area contributed by atoms with Gasteiger partial charge in [-0.3, -0.25) is 14.4 Å². The highest BCUT2D eigenvalue weighted by Crippen LogP contribution is 2.62. The van der Waals surface area contributed by atoms with Gasteiger partial charge >= 0.3 is 5.97 Å². The van der Waals surface area contributed by atoms with Crippen molar-refractivity contribution in [1.82, 2.24) is 4.90 Å². The number of carbonyl (C=O) groups excluding carboxylic acids is 3. The molecule has 2 fully saturated rings. The van der Waals surface area contributed by atoms with E-state index in [1.54, 1.807) is 11.0 Å². The summed E-state index contributed by atoms with van der Waals surface area (Å²) in [4.78, 5) is 46.2. The molecule has 4 aliphatic heterocycles. The van der Waals surface area contributed by atoms with Gasteiger partial charge in [0.25, 0.3) is 5.91 Å². The van der Waals surface area contributed by atoms with Crippen molar-refractivity contribution < 1.29 is 24.2 Å². The van der Waals surface area contributed by atoms with E-state index in [0.29, 0.717) is 17.3 Å². The molecule has 2 amide bonds. The minimum atomic E-state index is -1.03. The number of cyclic esters (lactones) is 1. The van der Waals surface area contributed by atoms with Crippen LogP contribution >= 0.6 is 23.4 Å². The molecule has 0 bridgehead atoms. The third-order valence-corrected chi connectivity index (χ3v) is 10.7. The van der Waals surface area contributed by atoms with E-state index in [9.17, 15) is 19.5 Å². The summed E-state index contributed by atoms with van der Waals surface area (Å²) in [5, 5.41) is 10.8. The predicted octanol–water partition coefficient (Wildman–Crippen LogP) is 4.87. The Morgan fingerprint density at radius 2 is 1.88 bits per heavy atom. The Morgan fingerprint density at radius 3 is 2.63 bits per heavy atom. The smallest absolute Gasteiger partial charge is 0.311 e. The number of nitrogens with zero attached hydrogens (tertiary/aromatic N) is 2. The number of hydrogen-bond acceptors (Lipinski definition) is 6. The van der Waals surface area contributed by atoms with Gasteiger partial charge in [0, 0.05) is 11.8 Å². The number of hydrogen-bond donors (Lipinski definition) is 1. The first-order valence-electron chi connectivity index (χ1n) is 14.1. The fraction of sp³-hybridized carbons (Fsp3) is 0.406. The number of rotatable bonds is 4. The van der Waals surface area contributed by atoms with Gasteiger partial charge in [-0.15, -0.1) is 11.8 Å². The first kappa shape index (κ1) is 28.1. The molecule has 1 N–H and O–H groups in total. The lowest BCUT2D eigenvalue weighted by molar-refractivity contribution is -0.153. The molecule has 7 nitrogen and oxygen atoms in total. The molecule has 2 aromatic carbocycles. The maximum Gasteiger partial charge on any atom is 0.311 e. The molecule has 41 heavy (non-hydrogen) atoms. The Labute approximate surface area is 249 Å². The molecule has 0 aromatic heterocycles. The molecule has 4 heterocycles. The molecule has 4 aliphatic rings. The van der Waals surface area contributed by atoms with Crippen molar-refractivity contribution in [2.45, 2.75) is 48.3 Å². The topological polar surface area (TPSA) is 87.2 Å². The maximum absolute atomic E-state index is 14.8. The van der Waals surface area contributed by atoms with Crippen molar-refractivity contribution in [3.8, 4) is 0 Å². The molecular weight excluding hydrogens is 560 g/mol. The van der Waals surface area contributed by atoms with Crippen molar-refractivity contribution >= 4 is 46.8 Å². The maximum atomic E-state index is 14.8. The average molecular weight is 593 g/mol. The Hall–Kier alpha value is -3.07. The van der Waals surface area contributed by atoms with Gasteiger partial charge in [-0.2, -0.15) is 0 Å². The van der Waals surface area contributed by atoms with Crippen LogP contribution in [0.3, 0.4) is 0 Å². The number of likely N-dealkylation sites (tertiary alicyclic amines) is 1. The second-order valence-corrected chi connectivity index (χ2v) is 12.9. The first-order valence-corrected chi connectivity index (χ1v) is 15.4. The zero-order valence-electron chi connectivity index (χ0n) is 22.8. The van der Waals surface area contributed by atoms with Gasteiger partial charge in [-0.05, 0) is 43.4 Å². The average Bonchev–Trinajstić information content (AvgIpc) is 3.35. The van der Waals surface area contributed by atoms with Crippen LogP contribution in [0.5, 0.6) is 0 Å². The second-order valence-electron chi connectivity index (χ2n) is 11.0. The molecule has 2 saturated heterocycles. The highest BCUT2D eigenvalue weighted by Gasteiger charge is 2.72. The number of para-hydroxylation sites is 1. The Balaban J connectivity index is 1.53. The number of thioether (sulfide) groups is 1. The van der Waals surface area contributed by atoms with Gasteiger partial charge in [0.05, 0.1) is 46.5 Å². The lowest BCUT2D eigenvalue weighted by Gasteiger charge is -2.39. The van der Waals surface area contributed by atoms with E-state index in [4.69, 9.17) is 16.3 Å². The number of amides is 2. The molecular formula is C32H33ClN2O5S. The summed E-state index contributed by atoms with van der Waals surface area (Å²) in [6, 6.07) is 13.0. The number of fused-ring (bicyclic) bond motifs is 2. The van der Waals surface area contributed by atoms with Crippen LogP contribution in [-0.4, -0.2) is 63.6 Å². The minimum Gasteiger partial charge on any atom is -0.465 e. The number of allylic oxidation sites excluding steroid dienone is 1. The third-order valence-electron chi connectivity index (χ3n) is 8.69. The van der Waals surface area contributed by atoms with Crippen LogP contribution < -0.4 is 4.90 Å². The molecule has 214 valence electrons.